The summed E-state index contributed by atoms with van der Waals surface area (Å²) in [6, 6.07) is -0.409. The first-order chi connectivity index (χ1) is 7.63. The number of aromatic nitrogens is 1. The van der Waals surface area contributed by atoms with Gasteiger partial charge in [0.1, 0.15) is 5.01 Å². The van der Waals surface area contributed by atoms with Crippen molar-refractivity contribution in [3.63, 3.8) is 0 Å². The Morgan fingerprint density at radius 2 is 2.50 bits per heavy atom. The first kappa shape index (κ1) is 13.5. The van der Waals surface area contributed by atoms with Crippen molar-refractivity contribution >= 4 is 29.0 Å². The molecule has 0 radical (unpaired) electrons. The number of thioether (sulfide) groups is 1. The van der Waals surface area contributed by atoms with Gasteiger partial charge >= 0.3 is 0 Å². The SMILES string of the molecule is CSCC[C@@H](N)C(=O)NCc1nc(C)cs1. The number of carbonyl (C=O) groups excluding carboxylic acids is 1. The molecule has 0 saturated carbocycles. The zero-order valence-electron chi connectivity index (χ0n) is 9.53. The summed E-state index contributed by atoms with van der Waals surface area (Å²) in [5.74, 6) is 0.812. The van der Waals surface area contributed by atoms with Crippen LogP contribution in [-0.2, 0) is 11.3 Å². The normalized spacial score (nSPS) is 12.4. The summed E-state index contributed by atoms with van der Waals surface area (Å²) in [6.45, 7) is 2.41. The van der Waals surface area contributed by atoms with Crippen LogP contribution in [0.15, 0.2) is 5.38 Å². The number of aryl methyl sites for hydroxylation is 1. The van der Waals surface area contributed by atoms with E-state index in [0.29, 0.717) is 13.0 Å². The van der Waals surface area contributed by atoms with Gasteiger partial charge in [0.25, 0.3) is 0 Å². The largest absolute Gasteiger partial charge is 0.348 e. The second-order valence-electron chi connectivity index (χ2n) is 3.49. The summed E-state index contributed by atoms with van der Waals surface area (Å²) in [6.07, 6.45) is 2.72. The monoisotopic (exact) mass is 259 g/mol. The van der Waals surface area contributed by atoms with Crippen LogP contribution in [0.4, 0.5) is 0 Å². The number of thiazole rings is 1. The Morgan fingerprint density at radius 3 is 3.06 bits per heavy atom. The number of amides is 1. The Bertz CT molecular complexity index is 341. The van der Waals surface area contributed by atoms with E-state index in [9.17, 15) is 4.79 Å². The van der Waals surface area contributed by atoms with Gasteiger partial charge in [-0.3, -0.25) is 4.79 Å². The number of carbonyl (C=O) groups is 1. The van der Waals surface area contributed by atoms with Crippen LogP contribution in [0.3, 0.4) is 0 Å². The van der Waals surface area contributed by atoms with Crippen molar-refractivity contribution < 1.29 is 4.79 Å². The smallest absolute Gasteiger partial charge is 0.237 e. The van der Waals surface area contributed by atoms with Gasteiger partial charge in [-0.2, -0.15) is 11.8 Å². The van der Waals surface area contributed by atoms with Crippen LogP contribution in [0.2, 0.25) is 0 Å². The van der Waals surface area contributed by atoms with Crippen LogP contribution in [0, 0.1) is 6.92 Å². The first-order valence-electron chi connectivity index (χ1n) is 5.06. The second-order valence-corrected chi connectivity index (χ2v) is 5.42. The molecule has 1 heterocycles. The number of nitrogens with two attached hydrogens (primary N) is 1. The zero-order chi connectivity index (χ0) is 12.0. The van der Waals surface area contributed by atoms with Crippen molar-refractivity contribution in [2.75, 3.05) is 12.0 Å². The van der Waals surface area contributed by atoms with Crippen molar-refractivity contribution in [1.82, 2.24) is 10.3 Å². The fourth-order valence-corrected chi connectivity index (χ4v) is 2.35. The third kappa shape index (κ3) is 4.51. The van der Waals surface area contributed by atoms with Crippen LogP contribution < -0.4 is 11.1 Å². The summed E-state index contributed by atoms with van der Waals surface area (Å²) < 4.78 is 0. The molecule has 1 atom stereocenters. The minimum Gasteiger partial charge on any atom is -0.348 e. The van der Waals surface area contributed by atoms with Gasteiger partial charge in [-0.05, 0) is 25.4 Å². The van der Waals surface area contributed by atoms with Crippen LogP contribution in [0.5, 0.6) is 0 Å². The minimum absolute atomic E-state index is 0.0955. The lowest BCUT2D eigenvalue weighted by molar-refractivity contribution is -0.122. The molecule has 1 aromatic rings. The molecule has 0 aliphatic rings. The highest BCUT2D eigenvalue weighted by Crippen LogP contribution is 2.08. The topological polar surface area (TPSA) is 68.0 Å². The number of hydrogen-bond donors (Lipinski definition) is 2. The fraction of sp³-hybridized carbons (Fsp3) is 0.600. The molecule has 1 amide bonds. The Balaban J connectivity index is 2.29. The average molecular weight is 259 g/mol. The summed E-state index contributed by atoms with van der Waals surface area (Å²) >= 11 is 3.25. The van der Waals surface area contributed by atoms with Crippen LogP contribution in [0.1, 0.15) is 17.1 Å². The van der Waals surface area contributed by atoms with E-state index in [-0.39, 0.29) is 5.91 Å². The highest BCUT2D eigenvalue weighted by molar-refractivity contribution is 7.98. The first-order valence-corrected chi connectivity index (χ1v) is 7.34. The standard InChI is InChI=1S/C10H17N3OS2/c1-7-6-16-9(13-7)5-12-10(14)8(11)3-4-15-2/h6,8H,3-5,11H2,1-2H3,(H,12,14)/t8-/m1/s1. The molecule has 0 spiro atoms. The molecular weight excluding hydrogens is 242 g/mol. The van der Waals surface area contributed by atoms with Crippen molar-refractivity contribution in [1.29, 1.82) is 0 Å². The maximum Gasteiger partial charge on any atom is 0.237 e. The maximum absolute atomic E-state index is 11.6. The molecule has 90 valence electrons. The Hall–Kier alpha value is -0.590. The molecular formula is C10H17N3OS2. The zero-order valence-corrected chi connectivity index (χ0v) is 11.2. The molecule has 16 heavy (non-hydrogen) atoms. The quantitative estimate of drug-likeness (QED) is 0.804. The summed E-state index contributed by atoms with van der Waals surface area (Å²) in [5.41, 5.74) is 6.72. The number of nitrogens with zero attached hydrogens (tertiary/aromatic N) is 1. The molecule has 0 aromatic carbocycles. The number of hydrogen-bond acceptors (Lipinski definition) is 5. The summed E-state index contributed by atoms with van der Waals surface area (Å²) in [7, 11) is 0. The molecule has 0 bridgehead atoms. The van der Waals surface area contributed by atoms with Crippen LogP contribution >= 0.6 is 23.1 Å². The third-order valence-electron chi connectivity index (χ3n) is 2.05. The average Bonchev–Trinajstić information content (AvgIpc) is 2.68. The second kappa shape index (κ2) is 6.88. The number of rotatable bonds is 6. The van der Waals surface area contributed by atoms with Crippen molar-refractivity contribution in [3.05, 3.63) is 16.1 Å². The number of nitrogens with one attached hydrogen (secondary N) is 1. The van der Waals surface area contributed by atoms with E-state index >= 15 is 0 Å². The third-order valence-corrected chi connectivity index (χ3v) is 3.66. The van der Waals surface area contributed by atoms with Gasteiger partial charge in [-0.25, -0.2) is 4.98 Å². The van der Waals surface area contributed by atoms with Gasteiger partial charge in [-0.1, -0.05) is 0 Å². The molecule has 4 nitrogen and oxygen atoms in total. The van der Waals surface area contributed by atoms with Gasteiger partial charge in [0.15, 0.2) is 0 Å². The van der Waals surface area contributed by atoms with Gasteiger partial charge in [0.2, 0.25) is 5.91 Å². The Kier molecular flexibility index (Phi) is 5.79. The van der Waals surface area contributed by atoms with Gasteiger partial charge < -0.3 is 11.1 Å². The van der Waals surface area contributed by atoms with Gasteiger partial charge in [0, 0.05) is 11.1 Å². The van der Waals surface area contributed by atoms with Crippen molar-refractivity contribution in [2.45, 2.75) is 25.9 Å². The predicted octanol–water partition coefficient (Wildman–Crippen LogP) is 1.15. The lowest BCUT2D eigenvalue weighted by Crippen LogP contribution is -2.40. The van der Waals surface area contributed by atoms with Crippen molar-refractivity contribution in [2.24, 2.45) is 5.73 Å². The van der Waals surface area contributed by atoms with E-state index in [0.717, 1.165) is 16.5 Å². The Morgan fingerprint density at radius 1 is 1.75 bits per heavy atom. The van der Waals surface area contributed by atoms with E-state index < -0.39 is 6.04 Å². The molecule has 1 rings (SSSR count). The maximum atomic E-state index is 11.6. The van der Waals surface area contributed by atoms with Gasteiger partial charge in [0.05, 0.1) is 12.6 Å². The highest BCUT2D eigenvalue weighted by atomic mass is 32.2. The van der Waals surface area contributed by atoms with Crippen molar-refractivity contribution in [3.8, 4) is 0 Å². The fourth-order valence-electron chi connectivity index (χ4n) is 1.15. The highest BCUT2D eigenvalue weighted by Gasteiger charge is 2.12. The van der Waals surface area contributed by atoms with E-state index in [1.54, 1.807) is 23.1 Å². The molecule has 0 aliphatic heterocycles. The van der Waals surface area contributed by atoms with E-state index in [4.69, 9.17) is 5.73 Å². The molecule has 0 aliphatic carbocycles. The summed E-state index contributed by atoms with van der Waals surface area (Å²) in [4.78, 5) is 15.8. The van der Waals surface area contributed by atoms with Crippen LogP contribution in [0.25, 0.3) is 0 Å². The molecule has 1 aromatic heterocycles. The predicted molar refractivity (Wildman–Crippen MR) is 69.7 cm³/mol. The molecule has 0 unspecified atom stereocenters. The minimum atomic E-state index is -0.409. The van der Waals surface area contributed by atoms with Gasteiger partial charge in [-0.15, -0.1) is 11.3 Å². The molecule has 0 saturated heterocycles. The molecule has 0 fully saturated rings. The molecule has 3 N–H and O–H groups in total. The Labute approximate surface area is 104 Å². The van der Waals surface area contributed by atoms with E-state index in [1.165, 1.54) is 0 Å². The lowest BCUT2D eigenvalue weighted by Gasteiger charge is -2.10. The van der Waals surface area contributed by atoms with E-state index in [1.807, 2.05) is 18.6 Å². The van der Waals surface area contributed by atoms with E-state index in [2.05, 4.69) is 10.3 Å². The summed E-state index contributed by atoms with van der Waals surface area (Å²) in [5, 5.41) is 5.68. The molecule has 6 heteroatoms. The lowest BCUT2D eigenvalue weighted by atomic mass is 10.2. The van der Waals surface area contributed by atoms with Crippen LogP contribution in [-0.4, -0.2) is 28.9 Å².